The van der Waals surface area contributed by atoms with Gasteiger partial charge in [-0.2, -0.15) is 0 Å². The summed E-state index contributed by atoms with van der Waals surface area (Å²) in [4.78, 5) is 3.99. The maximum atomic E-state index is 5.45. The second-order valence-corrected chi connectivity index (χ2v) is 3.29. The van der Waals surface area contributed by atoms with Crippen molar-refractivity contribution in [1.82, 2.24) is 4.98 Å². The fourth-order valence-corrected chi connectivity index (χ4v) is 1.66. The van der Waals surface area contributed by atoms with Crippen LogP contribution in [0.25, 0.3) is 22.1 Å². The first-order valence-corrected chi connectivity index (χ1v) is 4.73. The molecule has 3 rings (SSSR count). The van der Waals surface area contributed by atoms with E-state index >= 15 is 0 Å². The van der Waals surface area contributed by atoms with Crippen LogP contribution in [-0.4, -0.2) is 4.98 Å². The predicted octanol–water partition coefficient (Wildman–Crippen LogP) is 3.29. The summed E-state index contributed by atoms with van der Waals surface area (Å²) in [5.41, 5.74) is 3.03. The molecule has 0 aliphatic carbocycles. The lowest BCUT2D eigenvalue weighted by molar-refractivity contribution is 0.617. The van der Waals surface area contributed by atoms with Gasteiger partial charge in [0.05, 0.1) is 6.26 Å². The highest BCUT2D eigenvalue weighted by Gasteiger charge is 2.06. The van der Waals surface area contributed by atoms with Crippen LogP contribution in [0.5, 0.6) is 0 Å². The predicted molar refractivity (Wildman–Crippen MR) is 58.3 cm³/mol. The zero-order valence-electron chi connectivity index (χ0n) is 7.97. The van der Waals surface area contributed by atoms with Crippen molar-refractivity contribution in [3.63, 3.8) is 0 Å². The lowest BCUT2D eigenvalue weighted by Gasteiger charge is -1.95. The van der Waals surface area contributed by atoms with Gasteiger partial charge in [0, 0.05) is 23.3 Å². The Morgan fingerprint density at radius 2 is 2.00 bits per heavy atom. The molecule has 2 nitrogen and oxygen atoms in total. The molecule has 2 heteroatoms. The van der Waals surface area contributed by atoms with Crippen LogP contribution in [0.1, 0.15) is 0 Å². The summed E-state index contributed by atoms with van der Waals surface area (Å²) in [6.07, 6.45) is 5.31. The molecule has 0 spiro atoms. The fourth-order valence-electron chi connectivity index (χ4n) is 1.66. The van der Waals surface area contributed by atoms with Gasteiger partial charge in [-0.05, 0) is 29.8 Å². The standard InChI is InChI=1S/C13H8NO/c1-2-4-13-11(3-1)12(9-15-13)10-5-7-14-8-6-10/h1-2,4-9H. The lowest BCUT2D eigenvalue weighted by Crippen LogP contribution is -1.75. The molecule has 2 heterocycles. The Bertz CT molecular complexity index is 584. The number of pyridine rings is 1. The third kappa shape index (κ3) is 1.31. The average Bonchev–Trinajstić information content (AvgIpc) is 2.74. The van der Waals surface area contributed by atoms with Crippen molar-refractivity contribution >= 4 is 11.0 Å². The van der Waals surface area contributed by atoms with Gasteiger partial charge in [0.15, 0.2) is 0 Å². The van der Waals surface area contributed by atoms with Crippen LogP contribution < -0.4 is 0 Å². The molecule has 0 aliphatic rings. The SMILES string of the molecule is [c]1cccc2occ(-c3ccncc3)c12. The molecule has 0 N–H and O–H groups in total. The highest BCUT2D eigenvalue weighted by Crippen LogP contribution is 2.29. The topological polar surface area (TPSA) is 26.0 Å². The zero-order chi connectivity index (χ0) is 10.1. The quantitative estimate of drug-likeness (QED) is 0.594. The van der Waals surface area contributed by atoms with Gasteiger partial charge in [0.1, 0.15) is 5.58 Å². The van der Waals surface area contributed by atoms with E-state index in [9.17, 15) is 0 Å². The average molecular weight is 194 g/mol. The largest absolute Gasteiger partial charge is 0.464 e. The summed E-state index contributed by atoms with van der Waals surface area (Å²) >= 11 is 0. The van der Waals surface area contributed by atoms with E-state index in [0.717, 1.165) is 22.1 Å². The van der Waals surface area contributed by atoms with E-state index in [1.54, 1.807) is 18.7 Å². The summed E-state index contributed by atoms with van der Waals surface area (Å²) in [6, 6.07) is 12.9. The summed E-state index contributed by atoms with van der Waals surface area (Å²) in [7, 11) is 0. The van der Waals surface area contributed by atoms with Crippen molar-refractivity contribution in [2.45, 2.75) is 0 Å². The van der Waals surface area contributed by atoms with Gasteiger partial charge in [-0.3, -0.25) is 4.98 Å². The van der Waals surface area contributed by atoms with Gasteiger partial charge in [-0.1, -0.05) is 12.1 Å². The second-order valence-electron chi connectivity index (χ2n) is 3.29. The van der Waals surface area contributed by atoms with Gasteiger partial charge < -0.3 is 4.42 Å². The van der Waals surface area contributed by atoms with Crippen LogP contribution in [0.2, 0.25) is 0 Å². The summed E-state index contributed by atoms with van der Waals surface area (Å²) in [5.74, 6) is 0. The van der Waals surface area contributed by atoms with Gasteiger partial charge >= 0.3 is 0 Å². The number of nitrogens with zero attached hydrogens (tertiary/aromatic N) is 1. The Morgan fingerprint density at radius 1 is 1.13 bits per heavy atom. The van der Waals surface area contributed by atoms with Crippen LogP contribution >= 0.6 is 0 Å². The molecular formula is C13H8NO. The molecule has 0 bridgehead atoms. The van der Waals surface area contributed by atoms with Crippen LogP contribution in [0.3, 0.4) is 0 Å². The molecular weight excluding hydrogens is 186 g/mol. The molecule has 0 fully saturated rings. The van der Waals surface area contributed by atoms with Gasteiger partial charge in [-0.25, -0.2) is 0 Å². The number of aromatic nitrogens is 1. The molecule has 1 aromatic carbocycles. The van der Waals surface area contributed by atoms with Crippen molar-refractivity contribution < 1.29 is 4.42 Å². The van der Waals surface area contributed by atoms with Crippen molar-refractivity contribution in [3.8, 4) is 11.1 Å². The number of hydrogen-bond donors (Lipinski definition) is 0. The third-order valence-electron chi connectivity index (χ3n) is 2.38. The Hall–Kier alpha value is -2.09. The third-order valence-corrected chi connectivity index (χ3v) is 2.38. The molecule has 0 atom stereocenters. The van der Waals surface area contributed by atoms with Gasteiger partial charge in [0.25, 0.3) is 0 Å². The highest BCUT2D eigenvalue weighted by molar-refractivity contribution is 5.93. The Balaban J connectivity index is 2.28. The number of hydrogen-bond acceptors (Lipinski definition) is 2. The molecule has 0 aliphatic heterocycles. The molecule has 0 amide bonds. The van der Waals surface area contributed by atoms with Crippen LogP contribution in [0.15, 0.2) is 53.4 Å². The molecule has 15 heavy (non-hydrogen) atoms. The Kier molecular flexibility index (Phi) is 1.78. The summed E-state index contributed by atoms with van der Waals surface area (Å²) in [6.45, 7) is 0. The van der Waals surface area contributed by atoms with Crippen LogP contribution in [0.4, 0.5) is 0 Å². The Morgan fingerprint density at radius 3 is 2.87 bits per heavy atom. The first-order chi connectivity index (χ1) is 7.45. The fraction of sp³-hybridized carbons (Fsp3) is 0. The van der Waals surface area contributed by atoms with E-state index in [2.05, 4.69) is 11.1 Å². The summed E-state index contributed by atoms with van der Waals surface area (Å²) < 4.78 is 5.45. The van der Waals surface area contributed by atoms with Crippen molar-refractivity contribution in [1.29, 1.82) is 0 Å². The molecule has 1 radical (unpaired) electrons. The van der Waals surface area contributed by atoms with E-state index in [1.807, 2.05) is 30.3 Å². The van der Waals surface area contributed by atoms with Crippen LogP contribution in [-0.2, 0) is 0 Å². The molecule has 0 unspecified atom stereocenters. The zero-order valence-corrected chi connectivity index (χ0v) is 7.97. The normalized spacial score (nSPS) is 10.7. The molecule has 2 aromatic heterocycles. The molecule has 3 aromatic rings. The van der Waals surface area contributed by atoms with Gasteiger partial charge in [-0.15, -0.1) is 0 Å². The first-order valence-electron chi connectivity index (χ1n) is 4.73. The molecule has 0 saturated heterocycles. The van der Waals surface area contributed by atoms with Gasteiger partial charge in [0.2, 0.25) is 0 Å². The maximum absolute atomic E-state index is 5.45. The van der Waals surface area contributed by atoms with Crippen molar-refractivity contribution in [2.75, 3.05) is 0 Å². The minimum atomic E-state index is 0.865. The summed E-state index contributed by atoms with van der Waals surface area (Å²) in [5, 5.41) is 1.02. The maximum Gasteiger partial charge on any atom is 0.135 e. The van der Waals surface area contributed by atoms with Crippen LogP contribution in [0, 0.1) is 6.07 Å². The minimum absolute atomic E-state index is 0.865. The lowest BCUT2D eigenvalue weighted by atomic mass is 10.1. The highest BCUT2D eigenvalue weighted by atomic mass is 16.3. The van der Waals surface area contributed by atoms with E-state index < -0.39 is 0 Å². The molecule has 0 saturated carbocycles. The first kappa shape index (κ1) is 8.24. The van der Waals surface area contributed by atoms with E-state index in [0.29, 0.717) is 0 Å². The van der Waals surface area contributed by atoms with E-state index in [1.165, 1.54) is 0 Å². The molecule has 71 valence electrons. The van der Waals surface area contributed by atoms with E-state index in [-0.39, 0.29) is 0 Å². The Labute approximate surface area is 87.2 Å². The monoisotopic (exact) mass is 194 g/mol. The number of benzene rings is 1. The van der Waals surface area contributed by atoms with Crippen molar-refractivity contribution in [2.24, 2.45) is 0 Å². The second kappa shape index (κ2) is 3.24. The minimum Gasteiger partial charge on any atom is -0.464 e. The van der Waals surface area contributed by atoms with E-state index in [4.69, 9.17) is 4.42 Å². The number of furan rings is 1. The van der Waals surface area contributed by atoms with Crippen molar-refractivity contribution in [3.05, 3.63) is 55.1 Å². The smallest absolute Gasteiger partial charge is 0.135 e. The number of fused-ring (bicyclic) bond motifs is 1. The number of rotatable bonds is 1.